The Hall–Kier alpha value is -2.12. The number of carbonyl (C=O) groups excluding carboxylic acids is 2. The Labute approximate surface area is 173 Å². The van der Waals surface area contributed by atoms with Gasteiger partial charge in [-0.3, -0.25) is 14.5 Å². The molecule has 1 unspecified atom stereocenters. The Morgan fingerprint density at radius 3 is 2.83 bits per heavy atom. The summed E-state index contributed by atoms with van der Waals surface area (Å²) in [7, 11) is 0. The number of fused-ring (bicyclic) bond motifs is 3. The summed E-state index contributed by atoms with van der Waals surface area (Å²) in [6, 6.07) is 8.92. The summed E-state index contributed by atoms with van der Waals surface area (Å²) < 4.78 is 11.0. The average Bonchev–Trinajstić information content (AvgIpc) is 2.71. The van der Waals surface area contributed by atoms with Crippen LogP contribution in [-0.2, 0) is 20.7 Å². The molecule has 0 spiro atoms. The van der Waals surface area contributed by atoms with Crippen molar-refractivity contribution >= 4 is 11.8 Å². The standard InChI is InChI=1S/C22H33N3O4/c23-21(26)16-28-17-22(27)25-11-4-14-29-20-7-3-5-18(15-20)8-9-19-6-1-2-10-24(19)12-13-25/h3,5,7,15,19H,1-2,4,6,8-14,16-17H2,(H2,23,26). The number of primary amides is 1. The lowest BCUT2D eigenvalue weighted by Crippen LogP contribution is -2.46. The molecule has 1 aromatic rings. The molecule has 2 N–H and O–H groups in total. The largest absolute Gasteiger partial charge is 0.494 e. The van der Waals surface area contributed by atoms with Gasteiger partial charge in [-0.2, -0.15) is 0 Å². The van der Waals surface area contributed by atoms with Crippen molar-refractivity contribution in [2.45, 2.75) is 44.6 Å². The van der Waals surface area contributed by atoms with Gasteiger partial charge in [0.2, 0.25) is 11.8 Å². The van der Waals surface area contributed by atoms with E-state index in [0.29, 0.717) is 25.7 Å². The Morgan fingerprint density at radius 2 is 1.97 bits per heavy atom. The minimum absolute atomic E-state index is 0.103. The number of rotatable bonds is 4. The van der Waals surface area contributed by atoms with E-state index in [1.54, 1.807) is 0 Å². The molecule has 1 saturated heterocycles. The molecule has 0 radical (unpaired) electrons. The van der Waals surface area contributed by atoms with Crippen molar-refractivity contribution in [3.05, 3.63) is 29.8 Å². The quantitative estimate of drug-likeness (QED) is 0.825. The van der Waals surface area contributed by atoms with Gasteiger partial charge in [0.05, 0.1) is 6.61 Å². The maximum atomic E-state index is 12.6. The zero-order valence-corrected chi connectivity index (χ0v) is 17.2. The van der Waals surface area contributed by atoms with Gasteiger partial charge in [-0.25, -0.2) is 0 Å². The number of piperidine rings is 1. The predicted molar refractivity (Wildman–Crippen MR) is 111 cm³/mol. The maximum Gasteiger partial charge on any atom is 0.248 e. The third kappa shape index (κ3) is 7.01. The van der Waals surface area contributed by atoms with Crippen LogP contribution < -0.4 is 10.5 Å². The van der Waals surface area contributed by atoms with Crippen LogP contribution in [0.3, 0.4) is 0 Å². The molecule has 0 saturated carbocycles. The summed E-state index contributed by atoms with van der Waals surface area (Å²) in [5, 5.41) is 0. The fourth-order valence-electron chi connectivity index (χ4n) is 4.19. The highest BCUT2D eigenvalue weighted by molar-refractivity contribution is 5.78. The first-order valence-corrected chi connectivity index (χ1v) is 10.7. The third-order valence-electron chi connectivity index (χ3n) is 5.73. The van der Waals surface area contributed by atoms with Crippen LogP contribution >= 0.6 is 0 Å². The monoisotopic (exact) mass is 403 g/mol. The number of ether oxygens (including phenoxy) is 2. The van der Waals surface area contributed by atoms with Crippen LogP contribution in [0.2, 0.25) is 0 Å². The highest BCUT2D eigenvalue weighted by Gasteiger charge is 2.24. The Morgan fingerprint density at radius 1 is 1.07 bits per heavy atom. The van der Waals surface area contributed by atoms with E-state index in [0.717, 1.165) is 38.1 Å². The van der Waals surface area contributed by atoms with Gasteiger partial charge in [-0.15, -0.1) is 0 Å². The van der Waals surface area contributed by atoms with E-state index in [1.807, 2.05) is 11.0 Å². The molecule has 2 bridgehead atoms. The van der Waals surface area contributed by atoms with E-state index in [4.69, 9.17) is 15.2 Å². The van der Waals surface area contributed by atoms with Crippen LogP contribution in [0.4, 0.5) is 0 Å². The minimum atomic E-state index is -0.564. The van der Waals surface area contributed by atoms with Crippen molar-refractivity contribution in [1.29, 1.82) is 0 Å². The number of hydrogen-bond acceptors (Lipinski definition) is 5. The molecule has 1 aromatic carbocycles. The molecule has 2 aliphatic rings. The maximum absolute atomic E-state index is 12.6. The first kappa shape index (κ1) is 21.6. The van der Waals surface area contributed by atoms with Gasteiger partial charge in [-0.05, 0) is 56.3 Å². The Balaban J connectivity index is 1.66. The lowest BCUT2D eigenvalue weighted by Gasteiger charge is -2.37. The second-order valence-corrected chi connectivity index (χ2v) is 7.91. The summed E-state index contributed by atoms with van der Waals surface area (Å²) in [6.07, 6.45) is 6.62. The molecule has 2 aliphatic heterocycles. The van der Waals surface area contributed by atoms with E-state index in [1.165, 1.54) is 24.8 Å². The fourth-order valence-corrected chi connectivity index (χ4v) is 4.19. The van der Waals surface area contributed by atoms with Gasteiger partial charge in [0.25, 0.3) is 0 Å². The van der Waals surface area contributed by atoms with Crippen molar-refractivity contribution in [2.75, 3.05) is 46.0 Å². The van der Waals surface area contributed by atoms with Gasteiger partial charge in [0.15, 0.2) is 0 Å². The number of aryl methyl sites for hydroxylation is 1. The van der Waals surface area contributed by atoms with Crippen LogP contribution in [0.15, 0.2) is 24.3 Å². The molecule has 160 valence electrons. The van der Waals surface area contributed by atoms with Crippen molar-refractivity contribution in [1.82, 2.24) is 9.80 Å². The molecule has 0 aliphatic carbocycles. The first-order chi connectivity index (χ1) is 14.1. The third-order valence-corrected chi connectivity index (χ3v) is 5.73. The zero-order chi connectivity index (χ0) is 20.5. The fraction of sp³-hybridized carbons (Fsp3) is 0.636. The van der Waals surface area contributed by atoms with Gasteiger partial charge in [0, 0.05) is 25.7 Å². The van der Waals surface area contributed by atoms with Gasteiger partial charge in [-0.1, -0.05) is 18.6 Å². The lowest BCUT2D eigenvalue weighted by atomic mass is 9.95. The van der Waals surface area contributed by atoms with Crippen molar-refractivity contribution in [2.24, 2.45) is 5.73 Å². The van der Waals surface area contributed by atoms with Gasteiger partial charge in [0.1, 0.15) is 19.0 Å². The summed E-state index contributed by atoms with van der Waals surface area (Å²) in [5.74, 6) is 0.224. The van der Waals surface area contributed by atoms with E-state index in [9.17, 15) is 9.59 Å². The highest BCUT2D eigenvalue weighted by atomic mass is 16.5. The summed E-state index contributed by atoms with van der Waals surface area (Å²) in [5.41, 5.74) is 6.41. The summed E-state index contributed by atoms with van der Waals surface area (Å²) >= 11 is 0. The number of amides is 2. The average molecular weight is 404 g/mol. The summed E-state index contributed by atoms with van der Waals surface area (Å²) in [6.45, 7) is 3.45. The number of benzene rings is 1. The molecule has 1 atom stereocenters. The molecule has 1 fully saturated rings. The molecule has 7 nitrogen and oxygen atoms in total. The molecule has 3 rings (SSSR count). The molecule has 2 amide bonds. The van der Waals surface area contributed by atoms with Crippen LogP contribution in [0.5, 0.6) is 5.75 Å². The van der Waals surface area contributed by atoms with E-state index in [2.05, 4.69) is 23.1 Å². The number of nitrogens with two attached hydrogens (primary N) is 1. The van der Waals surface area contributed by atoms with E-state index < -0.39 is 5.91 Å². The first-order valence-electron chi connectivity index (χ1n) is 10.7. The van der Waals surface area contributed by atoms with Crippen molar-refractivity contribution in [3.63, 3.8) is 0 Å². The molecule has 2 heterocycles. The topological polar surface area (TPSA) is 85.1 Å². The molecule has 7 heteroatoms. The van der Waals surface area contributed by atoms with Crippen LogP contribution in [-0.4, -0.2) is 73.7 Å². The second kappa shape index (κ2) is 11.2. The Kier molecular flexibility index (Phi) is 8.31. The Bertz CT molecular complexity index is 682. The minimum Gasteiger partial charge on any atom is -0.494 e. The predicted octanol–water partition coefficient (Wildman–Crippen LogP) is 1.59. The molecular formula is C22H33N3O4. The number of hydrogen-bond donors (Lipinski definition) is 1. The van der Waals surface area contributed by atoms with Gasteiger partial charge < -0.3 is 20.1 Å². The number of nitrogens with zero attached hydrogens (tertiary/aromatic N) is 2. The zero-order valence-electron chi connectivity index (χ0n) is 17.2. The van der Waals surface area contributed by atoms with Crippen molar-refractivity contribution < 1.29 is 19.1 Å². The normalized spacial score (nSPS) is 21.5. The SMILES string of the molecule is NC(=O)COCC(=O)N1CCCOc2cccc(c2)CCC2CCCCN2CC1. The van der Waals surface area contributed by atoms with Crippen LogP contribution in [0.25, 0.3) is 0 Å². The lowest BCUT2D eigenvalue weighted by molar-refractivity contribution is -0.138. The van der Waals surface area contributed by atoms with Crippen LogP contribution in [0.1, 0.15) is 37.7 Å². The summed E-state index contributed by atoms with van der Waals surface area (Å²) in [4.78, 5) is 27.8. The molecule has 29 heavy (non-hydrogen) atoms. The van der Waals surface area contributed by atoms with Crippen molar-refractivity contribution in [3.8, 4) is 5.75 Å². The second-order valence-electron chi connectivity index (χ2n) is 7.91. The molecule has 0 aromatic heterocycles. The van der Waals surface area contributed by atoms with Gasteiger partial charge >= 0.3 is 0 Å². The smallest absolute Gasteiger partial charge is 0.248 e. The highest BCUT2D eigenvalue weighted by Crippen LogP contribution is 2.23. The molecular weight excluding hydrogens is 370 g/mol. The van der Waals surface area contributed by atoms with E-state index >= 15 is 0 Å². The van der Waals surface area contributed by atoms with E-state index in [-0.39, 0.29) is 19.1 Å². The van der Waals surface area contributed by atoms with Crippen LogP contribution in [0, 0.1) is 0 Å². The number of carbonyl (C=O) groups is 2.